The minimum Gasteiger partial charge on any atom is -0.310 e. The number of rotatable bonds is 4. The molecule has 7 heteroatoms. The van der Waals surface area contributed by atoms with Crippen molar-refractivity contribution < 1.29 is 14.1 Å². The number of piperidine rings is 1. The minimum absolute atomic E-state index is 0.158. The number of anilines is 1. The highest BCUT2D eigenvalue weighted by molar-refractivity contribution is 5.87. The first kappa shape index (κ1) is 12.8. The Hall–Kier alpha value is -1.63. The highest BCUT2D eigenvalue weighted by Crippen LogP contribution is 2.12. The van der Waals surface area contributed by atoms with Crippen LogP contribution >= 0.6 is 0 Å². The van der Waals surface area contributed by atoms with E-state index in [1.54, 1.807) is 4.79 Å². The second-order valence-corrected chi connectivity index (χ2v) is 4.46. The molecule has 1 aromatic rings. The fourth-order valence-corrected chi connectivity index (χ4v) is 2.13. The predicted molar refractivity (Wildman–Crippen MR) is 65.6 cm³/mol. The number of carbonyl (C=O) groups excluding carboxylic acids is 1. The lowest BCUT2D eigenvalue weighted by Crippen LogP contribution is -2.63. The van der Waals surface area contributed by atoms with Crippen LogP contribution in [0.1, 0.15) is 31.9 Å². The summed E-state index contributed by atoms with van der Waals surface area (Å²) in [5.41, 5.74) is 0.842. The van der Waals surface area contributed by atoms with Gasteiger partial charge in [0.2, 0.25) is 11.2 Å². The second-order valence-electron chi connectivity index (χ2n) is 4.46. The average Bonchev–Trinajstić information content (AvgIpc) is 2.73. The maximum atomic E-state index is 11.1. The van der Waals surface area contributed by atoms with Crippen LogP contribution < -0.4 is 20.4 Å². The van der Waals surface area contributed by atoms with Crippen LogP contribution in [0.3, 0.4) is 0 Å². The molecule has 1 saturated heterocycles. The van der Waals surface area contributed by atoms with Gasteiger partial charge in [-0.2, -0.15) is 5.01 Å². The minimum atomic E-state index is -0.158. The van der Waals surface area contributed by atoms with Gasteiger partial charge in [-0.25, -0.2) is 0 Å². The number of aromatic nitrogens is 2. The summed E-state index contributed by atoms with van der Waals surface area (Å²) in [5.74, 6) is 0.261. The van der Waals surface area contributed by atoms with E-state index in [0.29, 0.717) is 12.4 Å². The van der Waals surface area contributed by atoms with Crippen molar-refractivity contribution in [3.8, 4) is 0 Å². The first-order valence-electron chi connectivity index (χ1n) is 6.30. The van der Waals surface area contributed by atoms with Crippen molar-refractivity contribution in [2.45, 2.75) is 32.7 Å². The first-order chi connectivity index (χ1) is 8.72. The van der Waals surface area contributed by atoms with Gasteiger partial charge in [0, 0.05) is 6.92 Å². The lowest BCUT2D eigenvalue weighted by molar-refractivity contribution is -0.765. The molecule has 0 atom stereocenters. The third-order valence-corrected chi connectivity index (χ3v) is 2.95. The molecular weight excluding hydrogens is 234 g/mol. The molecule has 0 aliphatic carbocycles. The Balaban J connectivity index is 2.22. The van der Waals surface area contributed by atoms with E-state index in [9.17, 15) is 4.79 Å². The summed E-state index contributed by atoms with van der Waals surface area (Å²) in [6.45, 7) is 3.98. The first-order valence-corrected chi connectivity index (χ1v) is 6.30. The largest absolute Gasteiger partial charge is 0.322 e. The Kier molecular flexibility index (Phi) is 4.14. The molecule has 1 fully saturated rings. The molecule has 0 unspecified atom stereocenters. The Labute approximate surface area is 106 Å². The number of nitrogens with one attached hydrogen (secondary N) is 2. The molecule has 1 aliphatic rings. The van der Waals surface area contributed by atoms with Crippen molar-refractivity contribution in [3.63, 3.8) is 0 Å². The molecule has 1 amide bonds. The van der Waals surface area contributed by atoms with Gasteiger partial charge < -0.3 is 5.32 Å². The van der Waals surface area contributed by atoms with Crippen LogP contribution in [-0.2, 0) is 11.3 Å². The standard InChI is InChI=1S/C11H19N5O2/c1-9(17)13-11-10(8-12-2)16(14-18-11)15-6-4-3-5-7-15/h12H,3-8H2,1-2H3/p+1. The number of hydrogen-bond donors (Lipinski definition) is 2. The topological polar surface area (TPSA) is 74.3 Å². The number of amides is 1. The van der Waals surface area contributed by atoms with Gasteiger partial charge in [0.05, 0.1) is 24.4 Å². The maximum absolute atomic E-state index is 11.1. The van der Waals surface area contributed by atoms with E-state index in [2.05, 4.69) is 20.9 Å². The van der Waals surface area contributed by atoms with Gasteiger partial charge in [0.15, 0.2) is 0 Å². The molecule has 2 N–H and O–H groups in total. The van der Waals surface area contributed by atoms with E-state index in [-0.39, 0.29) is 5.91 Å². The SMILES string of the molecule is CNCc1c(NC(C)=O)on[n+]1N1CCCCC1. The fourth-order valence-electron chi connectivity index (χ4n) is 2.13. The van der Waals surface area contributed by atoms with Crippen LogP contribution in [0.2, 0.25) is 0 Å². The van der Waals surface area contributed by atoms with Gasteiger partial charge >= 0.3 is 11.6 Å². The summed E-state index contributed by atoms with van der Waals surface area (Å²) in [6.07, 6.45) is 3.58. The molecule has 7 nitrogen and oxygen atoms in total. The number of carbonyl (C=O) groups is 1. The van der Waals surface area contributed by atoms with Crippen LogP contribution in [0.25, 0.3) is 0 Å². The zero-order valence-electron chi connectivity index (χ0n) is 10.9. The average molecular weight is 254 g/mol. The van der Waals surface area contributed by atoms with Crippen molar-refractivity contribution in [3.05, 3.63) is 5.69 Å². The summed E-state index contributed by atoms with van der Waals surface area (Å²) in [5, 5.41) is 11.9. The Bertz CT molecular complexity index is 412. The van der Waals surface area contributed by atoms with Gasteiger partial charge in [-0.3, -0.25) is 14.6 Å². The van der Waals surface area contributed by atoms with Gasteiger partial charge in [-0.15, -0.1) is 0 Å². The molecule has 0 spiro atoms. The molecule has 1 aliphatic heterocycles. The smallest absolute Gasteiger partial charge is 0.310 e. The molecule has 2 heterocycles. The van der Waals surface area contributed by atoms with Gasteiger partial charge in [0.25, 0.3) is 0 Å². The highest BCUT2D eigenvalue weighted by Gasteiger charge is 2.31. The van der Waals surface area contributed by atoms with E-state index in [1.807, 2.05) is 7.05 Å². The molecule has 0 radical (unpaired) electrons. The maximum Gasteiger partial charge on any atom is 0.322 e. The third kappa shape index (κ3) is 2.79. The van der Waals surface area contributed by atoms with E-state index in [4.69, 9.17) is 4.52 Å². The molecule has 18 heavy (non-hydrogen) atoms. The predicted octanol–water partition coefficient (Wildman–Crippen LogP) is -0.238. The molecule has 1 aromatic heterocycles. The highest BCUT2D eigenvalue weighted by atomic mass is 16.5. The fraction of sp³-hybridized carbons (Fsp3) is 0.727. The number of hydrogen-bond acceptors (Lipinski definition) is 5. The molecular formula is C11H20N5O2+. The zero-order valence-corrected chi connectivity index (χ0v) is 10.9. The summed E-state index contributed by atoms with van der Waals surface area (Å²) in [7, 11) is 1.85. The quantitative estimate of drug-likeness (QED) is 0.726. The lowest BCUT2D eigenvalue weighted by Gasteiger charge is -2.19. The van der Waals surface area contributed by atoms with E-state index in [0.717, 1.165) is 31.6 Å². The molecule has 0 saturated carbocycles. The Morgan fingerprint density at radius 1 is 1.44 bits per heavy atom. The van der Waals surface area contributed by atoms with Gasteiger partial charge in [0.1, 0.15) is 0 Å². The van der Waals surface area contributed by atoms with Crippen LogP contribution in [0.4, 0.5) is 5.88 Å². The Morgan fingerprint density at radius 2 is 2.17 bits per heavy atom. The van der Waals surface area contributed by atoms with Crippen LogP contribution in [0.15, 0.2) is 4.52 Å². The van der Waals surface area contributed by atoms with Crippen LogP contribution in [0, 0.1) is 0 Å². The second kappa shape index (κ2) is 5.81. The normalized spacial score (nSPS) is 15.8. The van der Waals surface area contributed by atoms with Crippen molar-refractivity contribution in [2.24, 2.45) is 0 Å². The van der Waals surface area contributed by atoms with Gasteiger partial charge in [-0.1, -0.05) is 0 Å². The van der Waals surface area contributed by atoms with Crippen molar-refractivity contribution in [1.29, 1.82) is 0 Å². The summed E-state index contributed by atoms with van der Waals surface area (Å²) < 4.78 is 5.21. The molecule has 0 bridgehead atoms. The van der Waals surface area contributed by atoms with E-state index in [1.165, 1.54) is 13.3 Å². The molecule has 2 rings (SSSR count). The molecule has 100 valence electrons. The zero-order chi connectivity index (χ0) is 13.0. The van der Waals surface area contributed by atoms with Crippen LogP contribution in [-0.4, -0.2) is 31.3 Å². The molecule has 0 aromatic carbocycles. The number of nitrogens with zero attached hydrogens (tertiary/aromatic N) is 3. The summed E-state index contributed by atoms with van der Waals surface area (Å²) in [4.78, 5) is 12.9. The summed E-state index contributed by atoms with van der Waals surface area (Å²) in [6, 6.07) is 0. The lowest BCUT2D eigenvalue weighted by atomic mass is 10.2. The van der Waals surface area contributed by atoms with Crippen molar-refractivity contribution in [2.75, 3.05) is 30.5 Å². The van der Waals surface area contributed by atoms with Crippen LogP contribution in [0.5, 0.6) is 0 Å². The summed E-state index contributed by atoms with van der Waals surface area (Å²) >= 11 is 0. The third-order valence-electron chi connectivity index (χ3n) is 2.95. The van der Waals surface area contributed by atoms with Gasteiger partial charge in [-0.05, 0) is 26.3 Å². The van der Waals surface area contributed by atoms with Crippen molar-refractivity contribution in [1.82, 2.24) is 10.6 Å². The van der Waals surface area contributed by atoms with Crippen molar-refractivity contribution >= 4 is 11.8 Å². The van der Waals surface area contributed by atoms with E-state index >= 15 is 0 Å². The monoisotopic (exact) mass is 254 g/mol. The Morgan fingerprint density at radius 3 is 2.78 bits per heavy atom. The van der Waals surface area contributed by atoms with E-state index < -0.39 is 0 Å².